The highest BCUT2D eigenvalue weighted by molar-refractivity contribution is 5.99. The van der Waals surface area contributed by atoms with Gasteiger partial charge >= 0.3 is 0 Å². The Kier molecular flexibility index (Phi) is 9.86. The van der Waals surface area contributed by atoms with E-state index in [4.69, 9.17) is 0 Å². The highest BCUT2D eigenvalue weighted by Crippen LogP contribution is 2.21. The molecule has 3 aliphatic rings. The smallest absolute Gasteiger partial charge is 0.263 e. The number of carbonyl (C=O) groups excluding carboxylic acids is 2. The van der Waals surface area contributed by atoms with Crippen LogP contribution >= 0.6 is 0 Å². The molecule has 0 aliphatic carbocycles. The van der Waals surface area contributed by atoms with Gasteiger partial charge in [0.25, 0.3) is 5.56 Å². The number of carbonyl (C=O) groups is 2. The predicted molar refractivity (Wildman–Crippen MR) is 161 cm³/mol. The first-order chi connectivity index (χ1) is 19.9. The van der Waals surface area contributed by atoms with Crippen molar-refractivity contribution in [3.05, 3.63) is 39.9 Å². The largest absolute Gasteiger partial charge is 0.304 e. The molecular weight excluding hydrogens is 516 g/mol. The Morgan fingerprint density at radius 1 is 0.951 bits per heavy atom. The first-order valence-corrected chi connectivity index (χ1v) is 15.4. The third kappa shape index (κ3) is 7.24. The number of hydrogen-bond acceptors (Lipinski definition) is 7. The van der Waals surface area contributed by atoms with Crippen LogP contribution in [-0.4, -0.2) is 95.0 Å². The number of fused-ring (bicyclic) bond motifs is 1. The molecule has 1 N–H and O–H groups in total. The standard InChI is InChI=1S/C32H44N6O3/c1-24-33-27-12-9-11-25(30(27)32(41)38(24)28-13-14-29(39)34-31(28)40)10-7-5-3-4-6-8-17-36-18-15-26(16-19-36)37-22-20-35(2)21-23-37/h9,11-12,26,28H,3-6,8,13-23H2,1-2H3,(H,34,39,40). The van der Waals surface area contributed by atoms with Crippen LogP contribution < -0.4 is 10.9 Å². The van der Waals surface area contributed by atoms with E-state index in [1.54, 1.807) is 13.0 Å². The van der Waals surface area contributed by atoms with E-state index in [1.807, 2.05) is 12.1 Å². The minimum absolute atomic E-state index is 0.206. The van der Waals surface area contributed by atoms with Crippen molar-refractivity contribution in [2.45, 2.75) is 76.8 Å². The molecule has 5 rings (SSSR count). The summed E-state index contributed by atoms with van der Waals surface area (Å²) in [6.45, 7) is 10.2. The number of hydrogen-bond donors (Lipinski definition) is 1. The second kappa shape index (κ2) is 13.7. The van der Waals surface area contributed by atoms with Gasteiger partial charge in [0.05, 0.1) is 10.9 Å². The zero-order chi connectivity index (χ0) is 28.8. The van der Waals surface area contributed by atoms with Crippen molar-refractivity contribution in [1.82, 2.24) is 29.6 Å². The molecule has 1 aromatic carbocycles. The van der Waals surface area contributed by atoms with E-state index in [-0.39, 0.29) is 17.9 Å². The Hall–Kier alpha value is -3.06. The lowest BCUT2D eigenvalue weighted by Crippen LogP contribution is -2.52. The molecule has 1 atom stereocenters. The molecule has 0 bridgehead atoms. The number of aromatic nitrogens is 2. The van der Waals surface area contributed by atoms with E-state index in [0.717, 1.165) is 25.3 Å². The molecule has 2 amide bonds. The van der Waals surface area contributed by atoms with Crippen LogP contribution in [0.5, 0.6) is 0 Å². The fourth-order valence-corrected chi connectivity index (χ4v) is 6.51. The molecule has 1 unspecified atom stereocenters. The quantitative estimate of drug-likeness (QED) is 0.302. The van der Waals surface area contributed by atoms with Gasteiger partial charge in [0.15, 0.2) is 0 Å². The molecule has 3 saturated heterocycles. The van der Waals surface area contributed by atoms with Gasteiger partial charge in [-0.2, -0.15) is 0 Å². The lowest BCUT2D eigenvalue weighted by atomic mass is 10.0. The number of imide groups is 1. The number of nitrogens with zero attached hydrogens (tertiary/aromatic N) is 5. The average molecular weight is 561 g/mol. The summed E-state index contributed by atoms with van der Waals surface area (Å²) in [5, 5.41) is 2.78. The Morgan fingerprint density at radius 2 is 1.71 bits per heavy atom. The average Bonchev–Trinajstić information content (AvgIpc) is 2.96. The van der Waals surface area contributed by atoms with Crippen LogP contribution in [0, 0.1) is 18.8 Å². The number of likely N-dealkylation sites (N-methyl/N-ethyl adjacent to an activating group) is 1. The zero-order valence-corrected chi connectivity index (χ0v) is 24.7. The predicted octanol–water partition coefficient (Wildman–Crippen LogP) is 2.70. The molecule has 0 saturated carbocycles. The van der Waals surface area contributed by atoms with Crippen LogP contribution in [0.1, 0.15) is 75.2 Å². The van der Waals surface area contributed by atoms with Gasteiger partial charge in [0, 0.05) is 50.6 Å². The molecular formula is C32H44N6O3. The molecule has 9 nitrogen and oxygen atoms in total. The second-order valence-electron chi connectivity index (χ2n) is 11.9. The summed E-state index contributed by atoms with van der Waals surface area (Å²) in [6, 6.07) is 5.55. The van der Waals surface area contributed by atoms with E-state index in [1.165, 1.54) is 76.1 Å². The van der Waals surface area contributed by atoms with Crippen molar-refractivity contribution in [2.75, 3.05) is 52.9 Å². The Balaban J connectivity index is 1.08. The summed E-state index contributed by atoms with van der Waals surface area (Å²) in [6.07, 6.45) is 8.55. The fourth-order valence-electron chi connectivity index (χ4n) is 6.51. The first kappa shape index (κ1) is 29.4. The van der Waals surface area contributed by atoms with Gasteiger partial charge < -0.3 is 9.80 Å². The number of nitrogens with one attached hydrogen (secondary N) is 1. The van der Waals surface area contributed by atoms with Crippen molar-refractivity contribution in [2.24, 2.45) is 0 Å². The highest BCUT2D eigenvalue weighted by atomic mass is 16.2. The number of likely N-dealkylation sites (tertiary alicyclic amines) is 1. The van der Waals surface area contributed by atoms with Gasteiger partial charge in [-0.25, -0.2) is 4.98 Å². The maximum absolute atomic E-state index is 13.5. The minimum atomic E-state index is -0.735. The van der Waals surface area contributed by atoms with Crippen LogP contribution in [0.15, 0.2) is 23.0 Å². The van der Waals surface area contributed by atoms with Crippen LogP contribution in [0.25, 0.3) is 10.9 Å². The van der Waals surface area contributed by atoms with Gasteiger partial charge in [0.1, 0.15) is 11.9 Å². The summed E-state index contributed by atoms with van der Waals surface area (Å²) in [4.78, 5) is 50.0. The number of piperazine rings is 1. The molecule has 3 fully saturated rings. The van der Waals surface area contributed by atoms with Gasteiger partial charge in [-0.15, -0.1) is 0 Å². The van der Waals surface area contributed by atoms with Crippen LogP contribution in [0.4, 0.5) is 0 Å². The van der Waals surface area contributed by atoms with Crippen LogP contribution in [-0.2, 0) is 9.59 Å². The zero-order valence-electron chi connectivity index (χ0n) is 24.7. The van der Waals surface area contributed by atoms with Crippen molar-refractivity contribution < 1.29 is 9.59 Å². The van der Waals surface area contributed by atoms with Gasteiger partial charge in [-0.05, 0) is 77.8 Å². The van der Waals surface area contributed by atoms with Gasteiger partial charge in [-0.3, -0.25) is 29.2 Å². The van der Waals surface area contributed by atoms with Crippen molar-refractivity contribution in [3.63, 3.8) is 0 Å². The topological polar surface area (TPSA) is 90.8 Å². The molecule has 0 spiro atoms. The number of aryl methyl sites for hydroxylation is 1. The summed E-state index contributed by atoms with van der Waals surface area (Å²) in [5.41, 5.74) is 0.941. The Morgan fingerprint density at radius 3 is 2.46 bits per heavy atom. The monoisotopic (exact) mass is 560 g/mol. The van der Waals surface area contributed by atoms with Crippen LogP contribution in [0.2, 0.25) is 0 Å². The molecule has 220 valence electrons. The number of piperidine rings is 2. The normalized spacial score (nSPS) is 21.6. The van der Waals surface area contributed by atoms with Crippen LogP contribution in [0.3, 0.4) is 0 Å². The number of amides is 2. The van der Waals surface area contributed by atoms with E-state index in [9.17, 15) is 14.4 Å². The molecule has 3 aliphatic heterocycles. The second-order valence-corrected chi connectivity index (χ2v) is 11.9. The molecule has 9 heteroatoms. The van der Waals surface area contributed by atoms with E-state index in [2.05, 4.69) is 43.9 Å². The molecule has 2 aromatic rings. The third-order valence-electron chi connectivity index (χ3n) is 8.99. The summed E-state index contributed by atoms with van der Waals surface area (Å²) >= 11 is 0. The molecule has 0 radical (unpaired) electrons. The van der Waals surface area contributed by atoms with E-state index >= 15 is 0 Å². The summed E-state index contributed by atoms with van der Waals surface area (Å²) in [5.74, 6) is 6.16. The van der Waals surface area contributed by atoms with E-state index < -0.39 is 11.9 Å². The van der Waals surface area contributed by atoms with Crippen molar-refractivity contribution in [1.29, 1.82) is 0 Å². The van der Waals surface area contributed by atoms with E-state index in [0.29, 0.717) is 28.7 Å². The highest BCUT2D eigenvalue weighted by Gasteiger charge is 2.31. The Bertz CT molecular complexity index is 1360. The van der Waals surface area contributed by atoms with Gasteiger partial charge in [0.2, 0.25) is 11.8 Å². The van der Waals surface area contributed by atoms with Crippen molar-refractivity contribution in [3.8, 4) is 11.8 Å². The molecule has 41 heavy (non-hydrogen) atoms. The summed E-state index contributed by atoms with van der Waals surface area (Å²) in [7, 11) is 2.22. The molecule has 1 aromatic heterocycles. The number of rotatable bonds is 8. The fraction of sp³-hybridized carbons (Fsp3) is 0.625. The minimum Gasteiger partial charge on any atom is -0.304 e. The third-order valence-corrected chi connectivity index (χ3v) is 8.99. The SMILES string of the molecule is Cc1nc2cccc(C#CCCCCCCN3CCC(N4CCN(C)CC4)CC3)c2c(=O)n1C1CCC(=O)NC1=O. The maximum Gasteiger partial charge on any atom is 0.263 e. The summed E-state index contributed by atoms with van der Waals surface area (Å²) < 4.78 is 1.42. The first-order valence-electron chi connectivity index (χ1n) is 15.4. The Labute approximate surface area is 243 Å². The number of unbranched alkanes of at least 4 members (excludes halogenated alkanes) is 4. The number of benzene rings is 1. The van der Waals surface area contributed by atoms with Gasteiger partial charge in [-0.1, -0.05) is 30.7 Å². The van der Waals surface area contributed by atoms with Crippen molar-refractivity contribution >= 4 is 22.7 Å². The maximum atomic E-state index is 13.5. The lowest BCUT2D eigenvalue weighted by molar-refractivity contribution is -0.135. The molecule has 4 heterocycles. The lowest BCUT2D eigenvalue weighted by Gasteiger charge is -2.42.